The molecule has 0 unspecified atom stereocenters. The van der Waals surface area contributed by atoms with Crippen LogP contribution in [0.4, 0.5) is 11.8 Å². The number of hydrogen-bond acceptors (Lipinski definition) is 7. The maximum absolute atomic E-state index is 13.3. The molecule has 4 rings (SSSR count). The Morgan fingerprint density at radius 1 is 1.03 bits per heavy atom. The lowest BCUT2D eigenvalue weighted by Crippen LogP contribution is -2.47. The van der Waals surface area contributed by atoms with Crippen molar-refractivity contribution in [3.8, 4) is 0 Å². The number of fused-ring (bicyclic) bond motifs is 1. The number of carbonyl (C=O) groups excluding carboxylic acids is 1. The van der Waals surface area contributed by atoms with Crippen LogP contribution >= 0.6 is 0 Å². The Kier molecular flexibility index (Phi) is 7.42. The lowest BCUT2D eigenvalue weighted by Gasteiger charge is -2.34. The Labute approximate surface area is 199 Å². The summed E-state index contributed by atoms with van der Waals surface area (Å²) in [5.74, 6) is 0.796. The molecule has 180 valence electrons. The van der Waals surface area contributed by atoms with Gasteiger partial charge >= 0.3 is 0 Å². The van der Waals surface area contributed by atoms with Crippen molar-refractivity contribution in [2.24, 2.45) is 0 Å². The van der Waals surface area contributed by atoms with Crippen LogP contribution in [0, 0.1) is 0 Å². The van der Waals surface area contributed by atoms with E-state index in [2.05, 4.69) is 51.4 Å². The zero-order valence-electron chi connectivity index (χ0n) is 20.0. The van der Waals surface area contributed by atoms with Gasteiger partial charge in [-0.3, -0.25) is 14.5 Å². The third-order valence-electron chi connectivity index (χ3n) is 6.26. The second-order valence-corrected chi connectivity index (χ2v) is 8.82. The molecule has 3 aromatic rings. The van der Waals surface area contributed by atoms with Crippen molar-refractivity contribution >= 4 is 28.6 Å². The fourth-order valence-corrected chi connectivity index (χ4v) is 4.26. The first-order valence-electron chi connectivity index (χ1n) is 11.9. The molecule has 3 heterocycles. The van der Waals surface area contributed by atoms with Gasteiger partial charge in [-0.2, -0.15) is 4.98 Å². The molecule has 1 amide bonds. The summed E-state index contributed by atoms with van der Waals surface area (Å²) in [6.45, 7) is 9.11. The fraction of sp³-hybridized carbons (Fsp3) is 0.440. The smallest absolute Gasteiger partial charge is 0.264 e. The van der Waals surface area contributed by atoms with Crippen molar-refractivity contribution in [3.05, 3.63) is 58.0 Å². The Morgan fingerprint density at radius 2 is 1.71 bits per heavy atom. The summed E-state index contributed by atoms with van der Waals surface area (Å²) in [5.41, 5.74) is 8.53. The van der Waals surface area contributed by atoms with Gasteiger partial charge in [-0.25, -0.2) is 4.98 Å². The highest BCUT2D eigenvalue weighted by atomic mass is 16.2. The van der Waals surface area contributed by atoms with E-state index in [9.17, 15) is 9.59 Å². The number of aromatic nitrogens is 3. The van der Waals surface area contributed by atoms with Crippen LogP contribution in [0.3, 0.4) is 0 Å². The van der Waals surface area contributed by atoms with E-state index in [0.29, 0.717) is 23.3 Å². The molecular weight excluding hydrogens is 430 g/mol. The molecule has 9 nitrogen and oxygen atoms in total. The Hall–Kier alpha value is -3.46. The molecule has 0 spiro atoms. The predicted octanol–water partition coefficient (Wildman–Crippen LogP) is 2.30. The number of pyridine rings is 1. The molecule has 1 aliphatic heterocycles. The number of nitrogens with one attached hydrogen (secondary N) is 1. The summed E-state index contributed by atoms with van der Waals surface area (Å²) < 4.78 is 1.68. The van der Waals surface area contributed by atoms with Crippen LogP contribution in [0.5, 0.6) is 0 Å². The molecule has 1 aromatic carbocycles. The molecule has 3 N–H and O–H groups in total. The highest BCUT2D eigenvalue weighted by molar-refractivity contribution is 5.89. The van der Waals surface area contributed by atoms with Gasteiger partial charge in [0.1, 0.15) is 11.2 Å². The first-order chi connectivity index (χ1) is 16.4. The van der Waals surface area contributed by atoms with Crippen molar-refractivity contribution in [2.45, 2.75) is 39.8 Å². The number of amides is 1. The monoisotopic (exact) mass is 463 g/mol. The lowest BCUT2D eigenvalue weighted by molar-refractivity contribution is -0.130. The highest BCUT2D eigenvalue weighted by Crippen LogP contribution is 2.18. The number of rotatable bonds is 8. The second-order valence-electron chi connectivity index (χ2n) is 8.82. The van der Waals surface area contributed by atoms with Crippen LogP contribution in [0.15, 0.2) is 41.3 Å². The van der Waals surface area contributed by atoms with Crippen LogP contribution in [0.2, 0.25) is 0 Å². The van der Waals surface area contributed by atoms with Gasteiger partial charge in [0.25, 0.3) is 5.56 Å². The molecule has 1 saturated heterocycles. The van der Waals surface area contributed by atoms with Gasteiger partial charge in [0.2, 0.25) is 11.9 Å². The fourth-order valence-electron chi connectivity index (χ4n) is 4.26. The number of carbonyl (C=O) groups is 1. The van der Waals surface area contributed by atoms with Crippen LogP contribution in [0.25, 0.3) is 10.9 Å². The van der Waals surface area contributed by atoms with Gasteiger partial charge in [0, 0.05) is 52.4 Å². The zero-order chi connectivity index (χ0) is 24.1. The molecular formula is C25H33N7O2. The number of piperazine rings is 1. The molecule has 0 atom stereocenters. The van der Waals surface area contributed by atoms with E-state index < -0.39 is 0 Å². The zero-order valence-corrected chi connectivity index (χ0v) is 20.0. The van der Waals surface area contributed by atoms with Crippen LogP contribution in [0.1, 0.15) is 37.8 Å². The van der Waals surface area contributed by atoms with Crippen LogP contribution < -0.4 is 16.6 Å². The Balaban J connectivity index is 1.46. The van der Waals surface area contributed by atoms with E-state index in [4.69, 9.17) is 5.73 Å². The van der Waals surface area contributed by atoms with Crippen molar-refractivity contribution < 1.29 is 4.79 Å². The maximum Gasteiger partial charge on any atom is 0.264 e. The van der Waals surface area contributed by atoms with E-state index in [1.165, 1.54) is 5.56 Å². The topological polar surface area (TPSA) is 109 Å². The third kappa shape index (κ3) is 5.53. The van der Waals surface area contributed by atoms with Crippen molar-refractivity contribution in [2.75, 3.05) is 43.8 Å². The lowest BCUT2D eigenvalue weighted by atomic mass is 10.1. The second kappa shape index (κ2) is 10.6. The van der Waals surface area contributed by atoms with Gasteiger partial charge < -0.3 is 20.5 Å². The summed E-state index contributed by atoms with van der Waals surface area (Å²) in [6.07, 6.45) is 3.78. The largest absolute Gasteiger partial charge is 0.369 e. The SMILES string of the molecule is CCCCNc1nc(N)nc2ccn(Cc3ccc(CN4CCN(C(C)=O)CC4)cc3)c(=O)c12. The minimum Gasteiger partial charge on any atom is -0.369 e. The van der Waals surface area contributed by atoms with Gasteiger partial charge in [-0.15, -0.1) is 0 Å². The molecule has 0 saturated carbocycles. The first kappa shape index (κ1) is 23.7. The average molecular weight is 464 g/mol. The van der Waals surface area contributed by atoms with Gasteiger partial charge in [-0.05, 0) is 23.6 Å². The average Bonchev–Trinajstić information content (AvgIpc) is 2.82. The molecule has 2 aromatic heterocycles. The summed E-state index contributed by atoms with van der Waals surface area (Å²) in [5, 5.41) is 3.71. The van der Waals surface area contributed by atoms with E-state index in [0.717, 1.165) is 57.7 Å². The number of nitrogens with two attached hydrogens (primary N) is 1. The van der Waals surface area contributed by atoms with E-state index in [1.54, 1.807) is 17.7 Å². The van der Waals surface area contributed by atoms with E-state index in [1.807, 2.05) is 11.0 Å². The standard InChI is InChI=1S/C25H33N7O2/c1-3-4-10-27-23-22-21(28-25(26)29-23)9-11-32(24(22)34)17-20-7-5-19(6-8-20)16-30-12-14-31(15-13-30)18(2)33/h5-9,11H,3-4,10,12-17H2,1-2H3,(H3,26,27,28,29). The number of nitrogen functional groups attached to an aromatic ring is 1. The molecule has 9 heteroatoms. The quantitative estimate of drug-likeness (QED) is 0.493. The summed E-state index contributed by atoms with van der Waals surface area (Å²) >= 11 is 0. The Bertz CT molecular complexity index is 1200. The number of nitrogens with zero attached hydrogens (tertiary/aromatic N) is 5. The Morgan fingerprint density at radius 3 is 2.35 bits per heavy atom. The van der Waals surface area contributed by atoms with Gasteiger partial charge in [0.05, 0.1) is 12.1 Å². The maximum atomic E-state index is 13.3. The van der Waals surface area contributed by atoms with Crippen molar-refractivity contribution in [1.82, 2.24) is 24.3 Å². The minimum atomic E-state index is -0.135. The molecule has 1 aliphatic rings. The first-order valence-corrected chi connectivity index (χ1v) is 11.9. The van der Waals surface area contributed by atoms with Crippen LogP contribution in [-0.4, -0.2) is 63.0 Å². The molecule has 1 fully saturated rings. The van der Waals surface area contributed by atoms with Crippen molar-refractivity contribution in [3.63, 3.8) is 0 Å². The third-order valence-corrected chi connectivity index (χ3v) is 6.26. The number of hydrogen-bond donors (Lipinski definition) is 2. The molecule has 0 radical (unpaired) electrons. The van der Waals surface area contributed by atoms with Gasteiger partial charge in [-0.1, -0.05) is 37.6 Å². The highest BCUT2D eigenvalue weighted by Gasteiger charge is 2.18. The summed E-state index contributed by atoms with van der Waals surface area (Å²) in [6, 6.07) is 10.2. The van der Waals surface area contributed by atoms with E-state index in [-0.39, 0.29) is 17.4 Å². The number of anilines is 2. The number of benzene rings is 1. The minimum absolute atomic E-state index is 0.135. The molecule has 0 bridgehead atoms. The normalized spacial score (nSPS) is 14.5. The predicted molar refractivity (Wildman–Crippen MR) is 135 cm³/mol. The van der Waals surface area contributed by atoms with Gasteiger partial charge in [0.15, 0.2) is 0 Å². The summed E-state index contributed by atoms with van der Waals surface area (Å²) in [7, 11) is 0. The summed E-state index contributed by atoms with van der Waals surface area (Å²) in [4.78, 5) is 37.6. The van der Waals surface area contributed by atoms with Crippen LogP contribution in [-0.2, 0) is 17.9 Å². The van der Waals surface area contributed by atoms with Crippen molar-refractivity contribution in [1.29, 1.82) is 0 Å². The van der Waals surface area contributed by atoms with E-state index >= 15 is 0 Å². The number of unbranched alkanes of at least 4 members (excludes halogenated alkanes) is 1. The molecule has 34 heavy (non-hydrogen) atoms. The molecule has 0 aliphatic carbocycles.